The normalized spacial score (nSPS) is 15.1. The highest BCUT2D eigenvalue weighted by Crippen LogP contribution is 2.23. The second-order valence-corrected chi connectivity index (χ2v) is 5.17. The maximum Gasteiger partial charge on any atom is 0.317 e. The highest BCUT2D eigenvalue weighted by Gasteiger charge is 2.21. The number of hydrogen-bond acceptors (Lipinski definition) is 2. The molecule has 0 atom stereocenters. The highest BCUT2D eigenvalue weighted by atomic mass is 16.2. The zero-order chi connectivity index (χ0) is 14.5. The second-order valence-electron chi connectivity index (χ2n) is 5.17. The summed E-state index contributed by atoms with van der Waals surface area (Å²) >= 11 is 0. The molecule has 4 nitrogen and oxygen atoms in total. The monoisotopic (exact) mass is 273 g/mol. The molecule has 0 radical (unpaired) electrons. The van der Waals surface area contributed by atoms with Crippen LogP contribution in [0.25, 0.3) is 0 Å². The van der Waals surface area contributed by atoms with Crippen LogP contribution in [-0.4, -0.2) is 43.7 Å². The van der Waals surface area contributed by atoms with Crippen molar-refractivity contribution in [1.29, 1.82) is 0 Å². The Morgan fingerprint density at radius 2 is 2.00 bits per heavy atom. The van der Waals surface area contributed by atoms with E-state index < -0.39 is 0 Å². The lowest BCUT2D eigenvalue weighted by atomic mass is 10.1. The first-order chi connectivity index (χ1) is 9.63. The predicted octanol–water partition coefficient (Wildman–Crippen LogP) is 2.32. The van der Waals surface area contributed by atoms with E-state index in [2.05, 4.69) is 48.8 Å². The SMILES string of the molecule is C=CCNC(=O)N1CCN(c2cccc(C)c2C)CC1. The Morgan fingerprint density at radius 1 is 1.30 bits per heavy atom. The molecule has 0 saturated carbocycles. The smallest absolute Gasteiger partial charge is 0.317 e. The molecule has 1 aliphatic heterocycles. The van der Waals surface area contributed by atoms with Gasteiger partial charge in [0.05, 0.1) is 0 Å². The molecule has 1 saturated heterocycles. The molecular formula is C16H23N3O. The first kappa shape index (κ1) is 14.4. The fraction of sp³-hybridized carbons (Fsp3) is 0.438. The van der Waals surface area contributed by atoms with Gasteiger partial charge >= 0.3 is 6.03 Å². The lowest BCUT2D eigenvalue weighted by molar-refractivity contribution is 0.195. The van der Waals surface area contributed by atoms with Gasteiger partial charge in [0.2, 0.25) is 0 Å². The van der Waals surface area contributed by atoms with Gasteiger partial charge in [0.1, 0.15) is 0 Å². The summed E-state index contributed by atoms with van der Waals surface area (Å²) in [5, 5.41) is 2.83. The first-order valence-corrected chi connectivity index (χ1v) is 7.08. The maximum absolute atomic E-state index is 11.9. The van der Waals surface area contributed by atoms with Crippen molar-refractivity contribution in [3.8, 4) is 0 Å². The van der Waals surface area contributed by atoms with Crippen LogP contribution >= 0.6 is 0 Å². The Kier molecular flexibility index (Phi) is 4.66. The number of urea groups is 1. The van der Waals surface area contributed by atoms with Gasteiger partial charge < -0.3 is 15.1 Å². The minimum absolute atomic E-state index is 0.00511. The van der Waals surface area contributed by atoms with E-state index in [0.717, 1.165) is 26.2 Å². The second kappa shape index (κ2) is 6.46. The average molecular weight is 273 g/mol. The maximum atomic E-state index is 11.9. The van der Waals surface area contributed by atoms with Crippen LogP contribution in [0.5, 0.6) is 0 Å². The van der Waals surface area contributed by atoms with E-state index in [1.165, 1.54) is 16.8 Å². The van der Waals surface area contributed by atoms with Crippen LogP contribution in [-0.2, 0) is 0 Å². The van der Waals surface area contributed by atoms with Crippen LogP contribution in [0.15, 0.2) is 30.9 Å². The van der Waals surface area contributed by atoms with Crippen molar-refractivity contribution in [3.63, 3.8) is 0 Å². The number of anilines is 1. The summed E-state index contributed by atoms with van der Waals surface area (Å²) < 4.78 is 0. The number of nitrogens with one attached hydrogen (secondary N) is 1. The molecule has 1 N–H and O–H groups in total. The third-order valence-electron chi connectivity index (χ3n) is 3.88. The van der Waals surface area contributed by atoms with Crippen LogP contribution in [0.1, 0.15) is 11.1 Å². The molecule has 108 valence electrons. The van der Waals surface area contributed by atoms with E-state index in [9.17, 15) is 4.79 Å². The molecule has 4 heteroatoms. The van der Waals surface area contributed by atoms with Gasteiger partial charge in [0.25, 0.3) is 0 Å². The topological polar surface area (TPSA) is 35.6 Å². The molecule has 1 heterocycles. The molecule has 0 bridgehead atoms. The largest absolute Gasteiger partial charge is 0.368 e. The average Bonchev–Trinajstić information content (AvgIpc) is 2.48. The number of amides is 2. The Bertz CT molecular complexity index is 490. The van der Waals surface area contributed by atoms with E-state index in [0.29, 0.717) is 6.54 Å². The van der Waals surface area contributed by atoms with Crippen molar-refractivity contribution in [2.75, 3.05) is 37.6 Å². The van der Waals surface area contributed by atoms with Crippen molar-refractivity contribution in [1.82, 2.24) is 10.2 Å². The molecule has 2 rings (SSSR count). The van der Waals surface area contributed by atoms with Gasteiger partial charge in [-0.05, 0) is 31.0 Å². The molecule has 20 heavy (non-hydrogen) atoms. The summed E-state index contributed by atoms with van der Waals surface area (Å²) in [7, 11) is 0. The standard InChI is InChI=1S/C16H23N3O/c1-4-8-17-16(20)19-11-9-18(10-12-19)15-7-5-6-13(2)14(15)3/h4-7H,1,8-12H2,2-3H3,(H,17,20). The van der Waals surface area contributed by atoms with Gasteiger partial charge in [0, 0.05) is 38.4 Å². The third kappa shape index (κ3) is 3.13. The molecule has 0 aromatic heterocycles. The molecule has 0 aliphatic carbocycles. The molecular weight excluding hydrogens is 250 g/mol. The number of hydrogen-bond donors (Lipinski definition) is 1. The van der Waals surface area contributed by atoms with E-state index >= 15 is 0 Å². The number of carbonyl (C=O) groups excluding carboxylic acids is 1. The van der Waals surface area contributed by atoms with Crippen LogP contribution in [0.3, 0.4) is 0 Å². The summed E-state index contributed by atoms with van der Waals surface area (Å²) in [6, 6.07) is 6.40. The Labute approximate surface area is 121 Å². The van der Waals surface area contributed by atoms with E-state index in [4.69, 9.17) is 0 Å². The summed E-state index contributed by atoms with van der Waals surface area (Å²) in [5.41, 5.74) is 3.93. The van der Waals surface area contributed by atoms with Gasteiger partial charge in [-0.15, -0.1) is 6.58 Å². The van der Waals surface area contributed by atoms with Crippen molar-refractivity contribution >= 4 is 11.7 Å². The number of aryl methyl sites for hydroxylation is 1. The molecule has 1 fully saturated rings. The molecule has 1 aromatic rings. The quantitative estimate of drug-likeness (QED) is 0.858. The van der Waals surface area contributed by atoms with Crippen LogP contribution in [0.4, 0.5) is 10.5 Å². The van der Waals surface area contributed by atoms with E-state index in [-0.39, 0.29) is 6.03 Å². The lowest BCUT2D eigenvalue weighted by Gasteiger charge is -2.37. The van der Waals surface area contributed by atoms with Gasteiger partial charge in [-0.1, -0.05) is 18.2 Å². The number of nitrogens with zero attached hydrogens (tertiary/aromatic N) is 2. The number of rotatable bonds is 3. The number of carbonyl (C=O) groups is 1. The zero-order valence-corrected chi connectivity index (χ0v) is 12.4. The molecule has 0 unspecified atom stereocenters. The minimum atomic E-state index is 0.00511. The van der Waals surface area contributed by atoms with E-state index in [1.54, 1.807) is 6.08 Å². The van der Waals surface area contributed by atoms with Crippen LogP contribution in [0, 0.1) is 13.8 Å². The first-order valence-electron chi connectivity index (χ1n) is 7.08. The molecule has 1 aromatic carbocycles. The zero-order valence-electron chi connectivity index (χ0n) is 12.4. The van der Waals surface area contributed by atoms with Gasteiger partial charge in [0.15, 0.2) is 0 Å². The van der Waals surface area contributed by atoms with Crippen LogP contribution < -0.4 is 10.2 Å². The third-order valence-corrected chi connectivity index (χ3v) is 3.88. The van der Waals surface area contributed by atoms with Gasteiger partial charge in [-0.2, -0.15) is 0 Å². The summed E-state index contributed by atoms with van der Waals surface area (Å²) in [6.45, 7) is 11.7. The summed E-state index contributed by atoms with van der Waals surface area (Å²) in [5.74, 6) is 0. The molecule has 0 spiro atoms. The predicted molar refractivity (Wildman–Crippen MR) is 83.3 cm³/mol. The summed E-state index contributed by atoms with van der Waals surface area (Å²) in [4.78, 5) is 16.1. The fourth-order valence-corrected chi connectivity index (χ4v) is 2.50. The Hall–Kier alpha value is -1.97. The Balaban J connectivity index is 1.96. The molecule has 1 aliphatic rings. The minimum Gasteiger partial charge on any atom is -0.368 e. The number of piperazine rings is 1. The van der Waals surface area contributed by atoms with Crippen molar-refractivity contribution in [2.24, 2.45) is 0 Å². The highest BCUT2D eigenvalue weighted by molar-refractivity contribution is 5.74. The van der Waals surface area contributed by atoms with Crippen molar-refractivity contribution in [2.45, 2.75) is 13.8 Å². The fourth-order valence-electron chi connectivity index (χ4n) is 2.50. The van der Waals surface area contributed by atoms with Crippen molar-refractivity contribution < 1.29 is 4.79 Å². The van der Waals surface area contributed by atoms with Gasteiger partial charge in [-0.25, -0.2) is 4.79 Å². The van der Waals surface area contributed by atoms with Crippen LogP contribution in [0.2, 0.25) is 0 Å². The summed E-state index contributed by atoms with van der Waals surface area (Å²) in [6.07, 6.45) is 1.70. The van der Waals surface area contributed by atoms with Gasteiger partial charge in [-0.3, -0.25) is 0 Å². The lowest BCUT2D eigenvalue weighted by Crippen LogP contribution is -2.52. The number of benzene rings is 1. The van der Waals surface area contributed by atoms with E-state index in [1.807, 2.05) is 4.90 Å². The molecule has 2 amide bonds. The van der Waals surface area contributed by atoms with Crippen molar-refractivity contribution in [3.05, 3.63) is 42.0 Å². The Morgan fingerprint density at radius 3 is 2.65 bits per heavy atom.